The molecule has 1 aromatic rings. The van der Waals surface area contributed by atoms with Crippen LogP contribution in [-0.4, -0.2) is 21.0 Å². The first-order chi connectivity index (χ1) is 8.16. The van der Waals surface area contributed by atoms with Gasteiger partial charge in [-0.3, -0.25) is 9.00 Å². The topological polar surface area (TPSA) is 34.1 Å². The van der Waals surface area contributed by atoms with Gasteiger partial charge in [0.2, 0.25) is 0 Å². The average Bonchev–Trinajstić information content (AvgIpc) is 2.83. The molecular formula is C13H15FO2S. The third-order valence-electron chi connectivity index (χ3n) is 3.11. The molecule has 0 aliphatic heterocycles. The predicted molar refractivity (Wildman–Crippen MR) is 66.0 cm³/mol. The Hall–Kier alpha value is -1.03. The van der Waals surface area contributed by atoms with Gasteiger partial charge >= 0.3 is 0 Å². The summed E-state index contributed by atoms with van der Waals surface area (Å²) in [6.07, 6.45) is 4.15. The summed E-state index contributed by atoms with van der Waals surface area (Å²) in [6, 6.07) is 5.41. The summed E-state index contributed by atoms with van der Waals surface area (Å²) >= 11 is 0. The molecule has 0 saturated heterocycles. The van der Waals surface area contributed by atoms with Gasteiger partial charge < -0.3 is 0 Å². The molecule has 0 spiro atoms. The minimum Gasteiger partial charge on any atom is -0.293 e. The Labute approximate surface area is 103 Å². The highest BCUT2D eigenvalue weighted by molar-refractivity contribution is 7.86. The van der Waals surface area contributed by atoms with E-state index in [2.05, 4.69) is 0 Å². The van der Waals surface area contributed by atoms with Crippen LogP contribution in [0, 0.1) is 5.82 Å². The van der Waals surface area contributed by atoms with Crippen LogP contribution in [0.25, 0.3) is 0 Å². The van der Waals surface area contributed by atoms with Crippen LogP contribution in [0.15, 0.2) is 24.3 Å². The van der Waals surface area contributed by atoms with Crippen molar-refractivity contribution < 1.29 is 13.4 Å². The van der Waals surface area contributed by atoms with Crippen molar-refractivity contribution in [3.05, 3.63) is 35.6 Å². The zero-order valence-electron chi connectivity index (χ0n) is 9.52. The molecule has 0 radical (unpaired) electrons. The molecule has 0 N–H and O–H groups in total. The number of benzene rings is 1. The van der Waals surface area contributed by atoms with E-state index >= 15 is 0 Å². The summed E-state index contributed by atoms with van der Waals surface area (Å²) in [5.74, 6) is -0.454. The summed E-state index contributed by atoms with van der Waals surface area (Å²) in [6.45, 7) is 0. The molecule has 2 nitrogen and oxygen atoms in total. The van der Waals surface area contributed by atoms with E-state index in [-0.39, 0.29) is 22.6 Å². The Morgan fingerprint density at radius 3 is 2.41 bits per heavy atom. The van der Waals surface area contributed by atoms with Crippen molar-refractivity contribution in [2.24, 2.45) is 0 Å². The highest BCUT2D eigenvalue weighted by Gasteiger charge is 2.23. The first-order valence-electron chi connectivity index (χ1n) is 5.83. The van der Waals surface area contributed by atoms with Crippen molar-refractivity contribution in [1.82, 2.24) is 0 Å². The maximum atomic E-state index is 12.7. The second-order valence-electron chi connectivity index (χ2n) is 4.36. The first-order valence-corrected chi connectivity index (χ1v) is 7.21. The number of hydrogen-bond acceptors (Lipinski definition) is 2. The van der Waals surface area contributed by atoms with E-state index in [0.29, 0.717) is 5.56 Å². The van der Waals surface area contributed by atoms with E-state index < -0.39 is 10.8 Å². The van der Waals surface area contributed by atoms with Crippen LogP contribution in [-0.2, 0) is 10.8 Å². The lowest BCUT2D eigenvalue weighted by molar-refractivity contribution is 0.102. The second-order valence-corrected chi connectivity index (χ2v) is 6.08. The monoisotopic (exact) mass is 254 g/mol. The van der Waals surface area contributed by atoms with Gasteiger partial charge in [-0.25, -0.2) is 4.39 Å². The number of Topliss-reactive ketones (excluding diaryl/α,β-unsaturated/α-hetero) is 1. The molecule has 1 aliphatic carbocycles. The van der Waals surface area contributed by atoms with Crippen LogP contribution < -0.4 is 0 Å². The van der Waals surface area contributed by atoms with Crippen molar-refractivity contribution in [3.63, 3.8) is 0 Å². The number of carbonyl (C=O) groups excluding carboxylic acids is 1. The minimum absolute atomic E-state index is 0.0658. The van der Waals surface area contributed by atoms with E-state index in [1.54, 1.807) is 0 Å². The molecule has 1 aliphatic rings. The summed E-state index contributed by atoms with van der Waals surface area (Å²) in [4.78, 5) is 11.8. The number of halogens is 1. The fraction of sp³-hybridized carbons (Fsp3) is 0.462. The fourth-order valence-corrected chi connectivity index (χ4v) is 3.64. The van der Waals surface area contributed by atoms with Gasteiger partial charge in [0.15, 0.2) is 5.78 Å². The molecule has 0 heterocycles. The van der Waals surface area contributed by atoms with Gasteiger partial charge in [-0.1, -0.05) is 12.8 Å². The maximum absolute atomic E-state index is 12.7. The lowest BCUT2D eigenvalue weighted by Gasteiger charge is -2.08. The average molecular weight is 254 g/mol. The standard InChI is InChI=1S/C13H15FO2S/c14-11-7-5-10(6-8-11)13(15)9-17(16)12-3-1-2-4-12/h5-8,12H,1-4,9H2. The highest BCUT2D eigenvalue weighted by atomic mass is 32.2. The lowest BCUT2D eigenvalue weighted by atomic mass is 10.1. The normalized spacial score (nSPS) is 18.2. The van der Waals surface area contributed by atoms with Crippen LogP contribution in [0.3, 0.4) is 0 Å². The third kappa shape index (κ3) is 3.22. The largest absolute Gasteiger partial charge is 0.293 e. The van der Waals surface area contributed by atoms with Gasteiger partial charge in [-0.05, 0) is 37.1 Å². The van der Waals surface area contributed by atoms with E-state index in [1.165, 1.54) is 24.3 Å². The number of carbonyl (C=O) groups is 1. The van der Waals surface area contributed by atoms with Crippen LogP contribution in [0.1, 0.15) is 36.0 Å². The van der Waals surface area contributed by atoms with Gasteiger partial charge in [0.25, 0.3) is 0 Å². The van der Waals surface area contributed by atoms with E-state index in [4.69, 9.17) is 0 Å². The Morgan fingerprint density at radius 1 is 1.24 bits per heavy atom. The van der Waals surface area contributed by atoms with Gasteiger partial charge in [0.05, 0.1) is 5.75 Å². The fourth-order valence-electron chi connectivity index (χ4n) is 2.12. The van der Waals surface area contributed by atoms with Gasteiger partial charge in [0, 0.05) is 21.6 Å². The number of hydrogen-bond donors (Lipinski definition) is 0. The molecule has 1 fully saturated rings. The number of ketones is 1. The van der Waals surface area contributed by atoms with Crippen LogP contribution >= 0.6 is 0 Å². The Balaban J connectivity index is 1.96. The molecule has 0 aromatic heterocycles. The van der Waals surface area contributed by atoms with Crippen molar-refractivity contribution in [1.29, 1.82) is 0 Å². The SMILES string of the molecule is O=C(CS(=O)C1CCCC1)c1ccc(F)cc1. The smallest absolute Gasteiger partial charge is 0.175 e. The van der Waals surface area contributed by atoms with Gasteiger partial charge in [0.1, 0.15) is 5.82 Å². The van der Waals surface area contributed by atoms with Crippen molar-refractivity contribution >= 4 is 16.6 Å². The summed E-state index contributed by atoms with van der Waals surface area (Å²) in [7, 11) is -1.07. The quantitative estimate of drug-likeness (QED) is 0.774. The molecule has 4 heteroatoms. The summed E-state index contributed by atoms with van der Waals surface area (Å²) in [5.41, 5.74) is 0.442. The summed E-state index contributed by atoms with van der Waals surface area (Å²) in [5, 5.41) is 0.180. The van der Waals surface area contributed by atoms with Gasteiger partial charge in [-0.15, -0.1) is 0 Å². The zero-order valence-corrected chi connectivity index (χ0v) is 10.3. The maximum Gasteiger partial charge on any atom is 0.175 e. The third-order valence-corrected chi connectivity index (χ3v) is 4.88. The molecule has 17 heavy (non-hydrogen) atoms. The molecule has 1 unspecified atom stereocenters. The first kappa shape index (κ1) is 12.4. The molecular weight excluding hydrogens is 239 g/mol. The molecule has 1 atom stereocenters. The molecule has 1 saturated carbocycles. The van der Waals surface area contributed by atoms with Crippen molar-refractivity contribution in [2.45, 2.75) is 30.9 Å². The Morgan fingerprint density at radius 2 is 1.82 bits per heavy atom. The Bertz CT molecular complexity index is 422. The molecule has 2 rings (SSSR count). The Kier molecular flexibility index (Phi) is 4.05. The number of rotatable bonds is 4. The zero-order chi connectivity index (χ0) is 12.3. The molecule has 1 aromatic carbocycles. The van der Waals surface area contributed by atoms with Crippen LogP contribution in [0.4, 0.5) is 4.39 Å². The van der Waals surface area contributed by atoms with Crippen LogP contribution in [0.2, 0.25) is 0 Å². The molecule has 92 valence electrons. The summed E-state index contributed by atoms with van der Waals surface area (Å²) < 4.78 is 24.6. The molecule has 0 bridgehead atoms. The lowest BCUT2D eigenvalue weighted by Crippen LogP contribution is -2.19. The van der Waals surface area contributed by atoms with Crippen molar-refractivity contribution in [3.8, 4) is 0 Å². The van der Waals surface area contributed by atoms with E-state index in [9.17, 15) is 13.4 Å². The van der Waals surface area contributed by atoms with Gasteiger partial charge in [-0.2, -0.15) is 0 Å². The highest BCUT2D eigenvalue weighted by Crippen LogP contribution is 2.23. The molecule has 0 amide bonds. The van der Waals surface area contributed by atoms with Crippen molar-refractivity contribution in [2.75, 3.05) is 5.75 Å². The van der Waals surface area contributed by atoms with Crippen LogP contribution in [0.5, 0.6) is 0 Å². The van der Waals surface area contributed by atoms with E-state index in [1.807, 2.05) is 0 Å². The predicted octanol–water partition coefficient (Wildman–Crippen LogP) is 2.70. The van der Waals surface area contributed by atoms with E-state index in [0.717, 1.165) is 25.7 Å². The second kappa shape index (κ2) is 5.54. The minimum atomic E-state index is -1.07.